The first kappa shape index (κ1) is 20.4. The van der Waals surface area contributed by atoms with E-state index in [1.54, 1.807) is 13.2 Å². The van der Waals surface area contributed by atoms with Crippen molar-refractivity contribution in [3.05, 3.63) is 68.7 Å². The second-order valence-electron chi connectivity index (χ2n) is 7.52. The summed E-state index contributed by atoms with van der Waals surface area (Å²) in [6.07, 6.45) is 5.88. The molecule has 0 radical (unpaired) electrons. The van der Waals surface area contributed by atoms with Crippen LogP contribution in [0, 0.1) is 15.9 Å². The Balaban J connectivity index is 1.60. The number of rotatable bonds is 5. The standard InChI is InChI=1S/C22H18BrFN6O2/c1-25-17-8-16(24)19(30(31)32)9-18(17)27-22-26-10-15(23)20(28-22)14-11-29-7-3-5-12-4-2-6-13(14)21(12)29/h2,4,6,8-11,25H,3,5,7H2,1H3,(H,26,27,28). The number of aromatic nitrogens is 3. The fraction of sp³-hybridized carbons (Fsp3) is 0.182. The fourth-order valence-electron chi connectivity index (χ4n) is 4.19. The van der Waals surface area contributed by atoms with Gasteiger partial charge >= 0.3 is 5.69 Å². The van der Waals surface area contributed by atoms with Gasteiger partial charge in [0.25, 0.3) is 0 Å². The van der Waals surface area contributed by atoms with Crippen molar-refractivity contribution < 1.29 is 9.31 Å². The summed E-state index contributed by atoms with van der Waals surface area (Å²) in [5, 5.41) is 18.1. The van der Waals surface area contributed by atoms with E-state index in [0.29, 0.717) is 17.1 Å². The van der Waals surface area contributed by atoms with Crippen LogP contribution in [-0.2, 0) is 13.0 Å². The number of aryl methyl sites for hydroxylation is 2. The highest BCUT2D eigenvalue weighted by atomic mass is 79.9. The summed E-state index contributed by atoms with van der Waals surface area (Å²) < 4.78 is 17.0. The molecule has 0 saturated heterocycles. The number of benzene rings is 2. The number of nitrogens with one attached hydrogen (secondary N) is 2. The highest BCUT2D eigenvalue weighted by molar-refractivity contribution is 9.10. The summed E-state index contributed by atoms with van der Waals surface area (Å²) in [7, 11) is 1.60. The van der Waals surface area contributed by atoms with Crippen molar-refractivity contribution in [3.63, 3.8) is 0 Å². The van der Waals surface area contributed by atoms with Gasteiger partial charge in [-0.2, -0.15) is 4.39 Å². The molecule has 1 aliphatic rings. The molecule has 0 unspecified atom stereocenters. The SMILES string of the molecule is CNc1cc(F)c([N+](=O)[O-])cc1Nc1ncc(Br)c(-c2cn3c4c(cccc24)CCC3)n1. The first-order chi connectivity index (χ1) is 15.5. The smallest absolute Gasteiger partial charge is 0.307 e. The summed E-state index contributed by atoms with van der Waals surface area (Å²) >= 11 is 3.56. The maximum atomic E-state index is 14.0. The van der Waals surface area contributed by atoms with Crippen LogP contribution in [0.1, 0.15) is 12.0 Å². The Morgan fingerprint density at radius 1 is 1.28 bits per heavy atom. The van der Waals surface area contributed by atoms with E-state index in [-0.39, 0.29) is 5.95 Å². The molecule has 8 nitrogen and oxygen atoms in total. The van der Waals surface area contributed by atoms with E-state index in [0.717, 1.165) is 46.9 Å². The third-order valence-corrected chi connectivity index (χ3v) is 6.21. The second kappa shape index (κ2) is 7.86. The number of hydrogen-bond acceptors (Lipinski definition) is 6. The molecule has 162 valence electrons. The molecular weight excluding hydrogens is 479 g/mol. The largest absolute Gasteiger partial charge is 0.386 e. The molecule has 2 N–H and O–H groups in total. The van der Waals surface area contributed by atoms with E-state index in [1.165, 1.54) is 11.1 Å². The first-order valence-corrected chi connectivity index (χ1v) is 10.8. The van der Waals surface area contributed by atoms with E-state index < -0.39 is 16.4 Å². The van der Waals surface area contributed by atoms with Crippen LogP contribution in [0.5, 0.6) is 0 Å². The zero-order valence-corrected chi connectivity index (χ0v) is 18.6. The zero-order valence-electron chi connectivity index (χ0n) is 17.0. The Hall–Kier alpha value is -3.53. The fourth-order valence-corrected chi connectivity index (χ4v) is 4.60. The molecule has 0 atom stereocenters. The summed E-state index contributed by atoms with van der Waals surface area (Å²) in [4.78, 5) is 19.4. The molecule has 10 heteroatoms. The topological polar surface area (TPSA) is 97.9 Å². The van der Waals surface area contributed by atoms with Crippen molar-refractivity contribution in [2.75, 3.05) is 17.7 Å². The maximum Gasteiger partial charge on any atom is 0.307 e. The van der Waals surface area contributed by atoms with Gasteiger partial charge in [0, 0.05) is 49.1 Å². The molecule has 2 aromatic heterocycles. The Morgan fingerprint density at radius 2 is 2.12 bits per heavy atom. The molecule has 0 fully saturated rings. The molecule has 32 heavy (non-hydrogen) atoms. The van der Waals surface area contributed by atoms with Crippen molar-refractivity contribution in [1.29, 1.82) is 0 Å². The lowest BCUT2D eigenvalue weighted by atomic mass is 10.0. The normalized spacial score (nSPS) is 12.7. The van der Waals surface area contributed by atoms with Crippen LogP contribution in [-0.4, -0.2) is 26.5 Å². The van der Waals surface area contributed by atoms with Gasteiger partial charge in [-0.15, -0.1) is 0 Å². The third-order valence-electron chi connectivity index (χ3n) is 5.63. The molecule has 0 amide bonds. The average molecular weight is 497 g/mol. The molecule has 1 aliphatic heterocycles. The van der Waals surface area contributed by atoms with Gasteiger partial charge in [0.15, 0.2) is 0 Å². The minimum absolute atomic E-state index is 0.243. The monoisotopic (exact) mass is 496 g/mol. The Kier molecular flexibility index (Phi) is 5.01. The Bertz CT molecular complexity index is 1390. The molecule has 0 saturated carbocycles. The predicted octanol–water partition coefficient (Wildman–Crippen LogP) is 5.64. The van der Waals surface area contributed by atoms with Crippen LogP contribution in [0.25, 0.3) is 22.2 Å². The van der Waals surface area contributed by atoms with Gasteiger partial charge < -0.3 is 15.2 Å². The van der Waals surface area contributed by atoms with E-state index in [1.807, 2.05) is 0 Å². The summed E-state index contributed by atoms with van der Waals surface area (Å²) in [6.45, 7) is 0.950. The lowest BCUT2D eigenvalue weighted by Gasteiger charge is -2.14. The predicted molar refractivity (Wildman–Crippen MR) is 125 cm³/mol. The minimum atomic E-state index is -0.920. The molecule has 0 bridgehead atoms. The lowest BCUT2D eigenvalue weighted by molar-refractivity contribution is -0.387. The first-order valence-electron chi connectivity index (χ1n) is 10.0. The van der Waals surface area contributed by atoms with Crippen LogP contribution in [0.4, 0.5) is 27.4 Å². The number of nitro groups is 1. The van der Waals surface area contributed by atoms with E-state index in [2.05, 4.69) is 65.5 Å². The van der Waals surface area contributed by atoms with Crippen molar-refractivity contribution in [1.82, 2.24) is 14.5 Å². The lowest BCUT2D eigenvalue weighted by Crippen LogP contribution is -2.05. The van der Waals surface area contributed by atoms with Gasteiger partial charge in [-0.1, -0.05) is 18.2 Å². The van der Waals surface area contributed by atoms with E-state index >= 15 is 0 Å². The molecule has 0 aliphatic carbocycles. The van der Waals surface area contributed by atoms with Crippen LogP contribution >= 0.6 is 15.9 Å². The number of para-hydroxylation sites is 1. The van der Waals surface area contributed by atoms with Crippen molar-refractivity contribution in [2.24, 2.45) is 0 Å². The van der Waals surface area contributed by atoms with Gasteiger partial charge in [0.2, 0.25) is 11.8 Å². The number of halogens is 2. The zero-order chi connectivity index (χ0) is 22.4. The summed E-state index contributed by atoms with van der Waals surface area (Å²) in [6, 6.07) is 8.50. The number of nitrogens with zero attached hydrogens (tertiary/aromatic N) is 4. The van der Waals surface area contributed by atoms with Gasteiger partial charge in [0.05, 0.1) is 32.0 Å². The van der Waals surface area contributed by atoms with Crippen LogP contribution in [0.2, 0.25) is 0 Å². The van der Waals surface area contributed by atoms with Gasteiger partial charge in [-0.3, -0.25) is 10.1 Å². The molecule has 5 rings (SSSR count). The van der Waals surface area contributed by atoms with Crippen molar-refractivity contribution >= 4 is 49.8 Å². The van der Waals surface area contributed by atoms with Gasteiger partial charge in [0.1, 0.15) is 0 Å². The second-order valence-corrected chi connectivity index (χ2v) is 8.38. The van der Waals surface area contributed by atoms with Crippen LogP contribution < -0.4 is 10.6 Å². The molecule has 3 heterocycles. The van der Waals surface area contributed by atoms with Crippen LogP contribution in [0.3, 0.4) is 0 Å². The maximum absolute atomic E-state index is 14.0. The quantitative estimate of drug-likeness (QED) is 0.274. The van der Waals surface area contributed by atoms with E-state index in [4.69, 9.17) is 0 Å². The minimum Gasteiger partial charge on any atom is -0.386 e. The van der Waals surface area contributed by atoms with E-state index in [9.17, 15) is 14.5 Å². The highest BCUT2D eigenvalue weighted by Gasteiger charge is 2.21. The Labute approximate surface area is 190 Å². The van der Waals surface area contributed by atoms with Crippen molar-refractivity contribution in [3.8, 4) is 11.3 Å². The molecular formula is C22H18BrFN6O2. The molecule has 4 aromatic rings. The van der Waals surface area contributed by atoms with Gasteiger partial charge in [-0.25, -0.2) is 9.97 Å². The molecule has 2 aromatic carbocycles. The number of anilines is 3. The molecule has 0 spiro atoms. The number of nitro benzene ring substituents is 1. The third kappa shape index (κ3) is 3.36. The van der Waals surface area contributed by atoms with Crippen molar-refractivity contribution in [2.45, 2.75) is 19.4 Å². The average Bonchev–Trinajstić information content (AvgIpc) is 3.16. The van der Waals surface area contributed by atoms with Gasteiger partial charge in [-0.05, 0) is 34.3 Å². The van der Waals surface area contributed by atoms with Crippen LogP contribution in [0.15, 0.2) is 47.2 Å². The highest BCUT2D eigenvalue weighted by Crippen LogP contribution is 2.38. The summed E-state index contributed by atoms with van der Waals surface area (Å²) in [5.74, 6) is -0.677. The summed E-state index contributed by atoms with van der Waals surface area (Å²) in [5.41, 5.74) is 4.25. The number of hydrogen-bond donors (Lipinski definition) is 2. The Morgan fingerprint density at radius 3 is 2.91 bits per heavy atom.